The number of anilines is 2. The minimum absolute atomic E-state index is 0.446. The molecule has 2 aromatic rings. The molecule has 2 N–H and O–H groups in total. The third kappa shape index (κ3) is 4.04. The monoisotopic (exact) mass is 307 g/mol. The molecule has 6 heteroatoms. The van der Waals surface area contributed by atoms with Crippen molar-refractivity contribution in [1.82, 2.24) is 14.9 Å². The van der Waals surface area contributed by atoms with Gasteiger partial charge in [-0.25, -0.2) is 4.98 Å². The lowest BCUT2D eigenvalue weighted by Crippen LogP contribution is -2.31. The molecular weight excluding hydrogens is 282 g/mol. The summed E-state index contributed by atoms with van der Waals surface area (Å²) in [5.41, 5.74) is 0. The molecular formula is C15H25N5S. The molecule has 0 aliphatic rings. The molecule has 0 aliphatic heterocycles. The van der Waals surface area contributed by atoms with Crippen LogP contribution >= 0.6 is 11.3 Å². The summed E-state index contributed by atoms with van der Waals surface area (Å²) in [5.74, 6) is 1.64. The second-order valence-corrected chi connectivity index (χ2v) is 6.83. The van der Waals surface area contributed by atoms with Gasteiger partial charge in [0.05, 0.1) is 5.39 Å². The lowest BCUT2D eigenvalue weighted by Gasteiger charge is -2.20. The molecule has 0 saturated carbocycles. The molecule has 1 unspecified atom stereocenters. The average Bonchev–Trinajstić information content (AvgIpc) is 2.82. The molecule has 0 fully saturated rings. The fourth-order valence-corrected chi connectivity index (χ4v) is 2.80. The highest BCUT2D eigenvalue weighted by molar-refractivity contribution is 7.18. The average molecular weight is 307 g/mol. The van der Waals surface area contributed by atoms with E-state index in [4.69, 9.17) is 0 Å². The minimum atomic E-state index is 0.446. The predicted octanol–water partition coefficient (Wildman–Crippen LogP) is 3.18. The Morgan fingerprint density at radius 3 is 2.71 bits per heavy atom. The first-order valence-electron chi connectivity index (χ1n) is 7.43. The Kier molecular flexibility index (Phi) is 5.36. The highest BCUT2D eigenvalue weighted by atomic mass is 32.1. The van der Waals surface area contributed by atoms with Gasteiger partial charge in [-0.1, -0.05) is 6.92 Å². The molecule has 2 rings (SSSR count). The predicted molar refractivity (Wildman–Crippen MR) is 92.6 cm³/mol. The summed E-state index contributed by atoms with van der Waals surface area (Å²) in [7, 11) is 4.18. The summed E-state index contributed by atoms with van der Waals surface area (Å²) in [4.78, 5) is 13.7. The van der Waals surface area contributed by atoms with E-state index in [2.05, 4.69) is 66.4 Å². The first-order chi connectivity index (χ1) is 10.0. The molecule has 0 saturated heterocycles. The number of rotatable bonds is 7. The van der Waals surface area contributed by atoms with Crippen molar-refractivity contribution < 1.29 is 0 Å². The molecule has 0 spiro atoms. The van der Waals surface area contributed by atoms with E-state index in [9.17, 15) is 0 Å². The van der Waals surface area contributed by atoms with Crippen LogP contribution in [0.3, 0.4) is 0 Å². The number of aromatic nitrogens is 2. The summed E-state index contributed by atoms with van der Waals surface area (Å²) < 4.78 is 0. The lowest BCUT2D eigenvalue weighted by atomic mass is 10.3. The molecule has 21 heavy (non-hydrogen) atoms. The van der Waals surface area contributed by atoms with E-state index in [-0.39, 0.29) is 0 Å². The fraction of sp³-hybridized carbons (Fsp3) is 0.600. The van der Waals surface area contributed by atoms with Gasteiger partial charge in [-0.15, -0.1) is 11.3 Å². The SMILES string of the molecule is CCCNc1nc(NCC(C)N(C)C)c2cc(C)sc2n1. The number of hydrogen-bond acceptors (Lipinski definition) is 6. The van der Waals surface area contributed by atoms with Crippen molar-refractivity contribution in [2.45, 2.75) is 33.2 Å². The Balaban J connectivity index is 2.26. The molecule has 0 bridgehead atoms. The van der Waals surface area contributed by atoms with Crippen LogP contribution in [-0.2, 0) is 0 Å². The second kappa shape index (κ2) is 7.04. The third-order valence-corrected chi connectivity index (χ3v) is 4.44. The van der Waals surface area contributed by atoms with Gasteiger partial charge >= 0.3 is 0 Å². The van der Waals surface area contributed by atoms with Crippen molar-refractivity contribution in [2.75, 3.05) is 37.8 Å². The van der Waals surface area contributed by atoms with Crippen LogP contribution < -0.4 is 10.6 Å². The Bertz CT molecular complexity index is 593. The van der Waals surface area contributed by atoms with Crippen molar-refractivity contribution in [3.63, 3.8) is 0 Å². The summed E-state index contributed by atoms with van der Waals surface area (Å²) >= 11 is 1.71. The number of nitrogens with zero attached hydrogens (tertiary/aromatic N) is 3. The summed E-state index contributed by atoms with van der Waals surface area (Å²) in [6.45, 7) is 8.20. The van der Waals surface area contributed by atoms with Crippen LogP contribution in [0.2, 0.25) is 0 Å². The maximum absolute atomic E-state index is 4.64. The van der Waals surface area contributed by atoms with Crippen LogP contribution in [0.5, 0.6) is 0 Å². The summed E-state index contributed by atoms with van der Waals surface area (Å²) in [6.07, 6.45) is 1.06. The van der Waals surface area contributed by atoms with Crippen molar-refractivity contribution in [3.05, 3.63) is 10.9 Å². The van der Waals surface area contributed by atoms with Crippen LogP contribution in [-0.4, -0.2) is 48.1 Å². The maximum Gasteiger partial charge on any atom is 0.226 e. The Morgan fingerprint density at radius 1 is 1.29 bits per heavy atom. The van der Waals surface area contributed by atoms with Gasteiger partial charge in [0, 0.05) is 24.0 Å². The van der Waals surface area contributed by atoms with E-state index < -0.39 is 0 Å². The van der Waals surface area contributed by atoms with Gasteiger partial charge in [0.2, 0.25) is 5.95 Å². The molecule has 0 radical (unpaired) electrons. The van der Waals surface area contributed by atoms with Crippen LogP contribution in [0.4, 0.5) is 11.8 Å². The van der Waals surface area contributed by atoms with Crippen LogP contribution in [0, 0.1) is 6.92 Å². The fourth-order valence-electron chi connectivity index (χ4n) is 1.92. The quantitative estimate of drug-likeness (QED) is 0.823. The smallest absolute Gasteiger partial charge is 0.226 e. The molecule has 116 valence electrons. The van der Waals surface area contributed by atoms with Gasteiger partial charge < -0.3 is 15.5 Å². The zero-order valence-corrected chi connectivity index (χ0v) is 14.3. The summed E-state index contributed by atoms with van der Waals surface area (Å²) in [6, 6.07) is 2.61. The van der Waals surface area contributed by atoms with Crippen molar-refractivity contribution in [1.29, 1.82) is 0 Å². The van der Waals surface area contributed by atoms with Gasteiger partial charge in [-0.05, 0) is 40.4 Å². The zero-order chi connectivity index (χ0) is 15.4. The Labute approximate surface area is 130 Å². The van der Waals surface area contributed by atoms with Gasteiger partial charge in [-0.2, -0.15) is 4.98 Å². The largest absolute Gasteiger partial charge is 0.368 e. The Hall–Kier alpha value is -1.40. The van der Waals surface area contributed by atoms with Crippen molar-refractivity contribution in [2.24, 2.45) is 0 Å². The van der Waals surface area contributed by atoms with Gasteiger partial charge in [0.25, 0.3) is 0 Å². The molecule has 1 atom stereocenters. The normalized spacial score (nSPS) is 12.9. The standard InChI is InChI=1S/C15H25N5S/c1-6-7-16-15-18-13(17-9-10(2)20(4)5)12-8-11(3)21-14(12)19-15/h8,10H,6-7,9H2,1-5H3,(H2,16,17,18,19). The minimum Gasteiger partial charge on any atom is -0.368 e. The maximum atomic E-state index is 4.64. The Morgan fingerprint density at radius 2 is 2.05 bits per heavy atom. The third-order valence-electron chi connectivity index (χ3n) is 3.50. The van der Waals surface area contributed by atoms with E-state index in [1.54, 1.807) is 11.3 Å². The number of fused-ring (bicyclic) bond motifs is 1. The molecule has 0 aliphatic carbocycles. The van der Waals surface area contributed by atoms with E-state index in [1.165, 1.54) is 4.88 Å². The van der Waals surface area contributed by atoms with Crippen LogP contribution in [0.15, 0.2) is 6.07 Å². The topological polar surface area (TPSA) is 53.1 Å². The van der Waals surface area contributed by atoms with Crippen LogP contribution in [0.1, 0.15) is 25.1 Å². The number of aryl methyl sites for hydroxylation is 1. The number of hydrogen-bond donors (Lipinski definition) is 2. The van der Waals surface area contributed by atoms with Crippen molar-refractivity contribution in [3.8, 4) is 0 Å². The highest BCUT2D eigenvalue weighted by Gasteiger charge is 2.12. The van der Waals surface area contributed by atoms with Crippen LogP contribution in [0.25, 0.3) is 10.2 Å². The first-order valence-corrected chi connectivity index (χ1v) is 8.25. The number of likely N-dealkylation sites (N-methyl/N-ethyl adjacent to an activating group) is 1. The molecule has 5 nitrogen and oxygen atoms in total. The summed E-state index contributed by atoms with van der Waals surface area (Å²) in [5, 5.41) is 7.87. The number of nitrogens with one attached hydrogen (secondary N) is 2. The molecule has 2 aromatic heterocycles. The second-order valence-electron chi connectivity index (χ2n) is 5.59. The van der Waals surface area contributed by atoms with E-state index in [0.717, 1.165) is 35.5 Å². The molecule has 0 amide bonds. The molecule has 0 aromatic carbocycles. The van der Waals surface area contributed by atoms with Gasteiger partial charge in [0.1, 0.15) is 10.6 Å². The highest BCUT2D eigenvalue weighted by Crippen LogP contribution is 2.29. The van der Waals surface area contributed by atoms with Crippen molar-refractivity contribution >= 4 is 33.3 Å². The lowest BCUT2D eigenvalue weighted by molar-refractivity contribution is 0.326. The van der Waals surface area contributed by atoms with Gasteiger partial charge in [0.15, 0.2) is 0 Å². The molecule has 2 heterocycles. The van der Waals surface area contributed by atoms with E-state index in [1.807, 2.05) is 0 Å². The van der Waals surface area contributed by atoms with Gasteiger partial charge in [-0.3, -0.25) is 0 Å². The van der Waals surface area contributed by atoms with E-state index >= 15 is 0 Å². The first kappa shape index (κ1) is 16.0. The zero-order valence-electron chi connectivity index (χ0n) is 13.5. The van der Waals surface area contributed by atoms with E-state index in [0.29, 0.717) is 12.0 Å². The number of thiophene rings is 1.